The van der Waals surface area contributed by atoms with E-state index in [1.54, 1.807) is 12.1 Å². The van der Waals surface area contributed by atoms with Crippen LogP contribution in [0.2, 0.25) is 0 Å². The SMILES string of the molecule is Cc1c2ccccc2c(CO)c2c1ccc1ccc(F)cc12. The average Bonchev–Trinajstić information content (AvgIpc) is 2.55. The maximum absolute atomic E-state index is 13.8. The Morgan fingerprint density at radius 3 is 2.36 bits per heavy atom. The van der Waals surface area contributed by atoms with Gasteiger partial charge in [-0.15, -0.1) is 0 Å². The maximum Gasteiger partial charge on any atom is 0.123 e. The van der Waals surface area contributed by atoms with E-state index in [0.717, 1.165) is 43.4 Å². The molecule has 0 saturated carbocycles. The lowest BCUT2D eigenvalue weighted by Crippen LogP contribution is -1.94. The van der Waals surface area contributed by atoms with Gasteiger partial charge in [0.2, 0.25) is 0 Å². The first kappa shape index (κ1) is 13.2. The third-order valence-electron chi connectivity index (χ3n) is 4.50. The van der Waals surface area contributed by atoms with Crippen LogP contribution in [0.4, 0.5) is 4.39 Å². The van der Waals surface area contributed by atoms with Gasteiger partial charge in [-0.2, -0.15) is 0 Å². The monoisotopic (exact) mass is 290 g/mol. The van der Waals surface area contributed by atoms with Crippen molar-refractivity contribution in [3.63, 3.8) is 0 Å². The molecular formula is C20H15FO. The molecule has 0 fully saturated rings. The van der Waals surface area contributed by atoms with E-state index in [4.69, 9.17) is 0 Å². The Morgan fingerprint density at radius 1 is 0.864 bits per heavy atom. The fourth-order valence-corrected chi connectivity index (χ4v) is 3.45. The lowest BCUT2D eigenvalue weighted by molar-refractivity contribution is 0.285. The second-order valence-electron chi connectivity index (χ2n) is 5.66. The van der Waals surface area contributed by atoms with E-state index in [2.05, 4.69) is 19.1 Å². The molecular weight excluding hydrogens is 275 g/mol. The van der Waals surface area contributed by atoms with Crippen LogP contribution in [0.15, 0.2) is 54.6 Å². The molecule has 4 aromatic carbocycles. The van der Waals surface area contributed by atoms with E-state index in [0.29, 0.717) is 0 Å². The van der Waals surface area contributed by atoms with Crippen molar-refractivity contribution < 1.29 is 9.50 Å². The molecule has 4 aromatic rings. The molecule has 0 aliphatic rings. The van der Waals surface area contributed by atoms with E-state index in [1.165, 1.54) is 6.07 Å². The lowest BCUT2D eigenvalue weighted by Gasteiger charge is -2.15. The molecule has 4 rings (SSSR count). The highest BCUT2D eigenvalue weighted by atomic mass is 19.1. The van der Waals surface area contributed by atoms with Gasteiger partial charge in [-0.25, -0.2) is 4.39 Å². The molecule has 0 amide bonds. The largest absolute Gasteiger partial charge is 0.392 e. The maximum atomic E-state index is 13.8. The number of benzene rings is 4. The molecule has 0 radical (unpaired) electrons. The second-order valence-corrected chi connectivity index (χ2v) is 5.66. The molecule has 22 heavy (non-hydrogen) atoms. The Morgan fingerprint density at radius 2 is 1.59 bits per heavy atom. The van der Waals surface area contributed by atoms with Crippen molar-refractivity contribution in [3.05, 3.63) is 71.5 Å². The van der Waals surface area contributed by atoms with Crippen molar-refractivity contribution in [1.82, 2.24) is 0 Å². The zero-order valence-electron chi connectivity index (χ0n) is 12.2. The van der Waals surface area contributed by atoms with Crippen molar-refractivity contribution >= 4 is 32.3 Å². The Hall–Kier alpha value is -2.45. The minimum absolute atomic E-state index is 0.0626. The van der Waals surface area contributed by atoms with Crippen LogP contribution in [0.25, 0.3) is 32.3 Å². The zero-order valence-corrected chi connectivity index (χ0v) is 12.2. The van der Waals surface area contributed by atoms with E-state index in [9.17, 15) is 9.50 Å². The predicted octanol–water partition coefficient (Wildman–Crippen LogP) is 5.09. The van der Waals surface area contributed by atoms with Crippen molar-refractivity contribution in [2.75, 3.05) is 0 Å². The van der Waals surface area contributed by atoms with Crippen molar-refractivity contribution in [2.24, 2.45) is 0 Å². The Balaban J connectivity index is 2.36. The summed E-state index contributed by atoms with van der Waals surface area (Å²) in [6.45, 7) is 2.02. The van der Waals surface area contributed by atoms with Crippen LogP contribution in [-0.2, 0) is 6.61 Å². The minimum Gasteiger partial charge on any atom is -0.392 e. The third kappa shape index (κ3) is 1.74. The van der Waals surface area contributed by atoms with Gasteiger partial charge in [0.15, 0.2) is 0 Å². The lowest BCUT2D eigenvalue weighted by atomic mass is 9.89. The van der Waals surface area contributed by atoms with Crippen LogP contribution in [0.1, 0.15) is 11.1 Å². The summed E-state index contributed by atoms with van der Waals surface area (Å²) in [6, 6.07) is 17.0. The predicted molar refractivity (Wildman–Crippen MR) is 89.6 cm³/mol. The first-order chi connectivity index (χ1) is 10.7. The number of aliphatic hydroxyl groups excluding tert-OH is 1. The molecule has 0 spiro atoms. The molecule has 1 nitrogen and oxygen atoms in total. The van der Waals surface area contributed by atoms with Gasteiger partial charge in [-0.05, 0) is 62.5 Å². The number of aryl methyl sites for hydroxylation is 1. The summed E-state index contributed by atoms with van der Waals surface area (Å²) in [7, 11) is 0. The molecule has 0 unspecified atom stereocenters. The van der Waals surface area contributed by atoms with Crippen LogP contribution in [0, 0.1) is 12.7 Å². The van der Waals surface area contributed by atoms with Gasteiger partial charge in [0, 0.05) is 0 Å². The smallest absolute Gasteiger partial charge is 0.123 e. The number of aliphatic hydroxyl groups is 1. The van der Waals surface area contributed by atoms with Crippen LogP contribution >= 0.6 is 0 Å². The van der Waals surface area contributed by atoms with E-state index >= 15 is 0 Å². The average molecular weight is 290 g/mol. The summed E-state index contributed by atoms with van der Waals surface area (Å²) < 4.78 is 13.8. The normalized spacial score (nSPS) is 11.6. The van der Waals surface area contributed by atoms with Gasteiger partial charge >= 0.3 is 0 Å². The van der Waals surface area contributed by atoms with Gasteiger partial charge in [0.25, 0.3) is 0 Å². The van der Waals surface area contributed by atoms with E-state index in [-0.39, 0.29) is 12.4 Å². The van der Waals surface area contributed by atoms with Gasteiger partial charge in [0.1, 0.15) is 5.82 Å². The molecule has 0 aliphatic heterocycles. The van der Waals surface area contributed by atoms with Crippen molar-refractivity contribution in [1.29, 1.82) is 0 Å². The zero-order chi connectivity index (χ0) is 15.3. The number of fused-ring (bicyclic) bond motifs is 4. The van der Waals surface area contributed by atoms with Crippen LogP contribution in [0.3, 0.4) is 0 Å². The minimum atomic E-state index is -0.255. The van der Waals surface area contributed by atoms with Crippen LogP contribution in [0.5, 0.6) is 0 Å². The summed E-state index contributed by atoms with van der Waals surface area (Å²) in [4.78, 5) is 0. The van der Waals surface area contributed by atoms with Crippen molar-refractivity contribution in [3.8, 4) is 0 Å². The summed E-state index contributed by atoms with van der Waals surface area (Å²) >= 11 is 0. The number of hydrogen-bond acceptors (Lipinski definition) is 1. The number of rotatable bonds is 1. The molecule has 0 saturated heterocycles. The summed E-state index contributed by atoms with van der Waals surface area (Å²) in [6.07, 6.45) is 0. The number of halogens is 1. The van der Waals surface area contributed by atoms with E-state index < -0.39 is 0 Å². The molecule has 0 atom stereocenters. The molecule has 0 aliphatic carbocycles. The Labute approximate surface area is 127 Å². The topological polar surface area (TPSA) is 20.2 Å². The summed E-state index contributed by atoms with van der Waals surface area (Å²) in [5.74, 6) is -0.255. The number of hydrogen-bond donors (Lipinski definition) is 1. The molecule has 108 valence electrons. The Kier molecular flexibility index (Phi) is 2.88. The Bertz CT molecular complexity index is 1030. The first-order valence-electron chi connectivity index (χ1n) is 7.33. The molecule has 1 N–H and O–H groups in total. The fourth-order valence-electron chi connectivity index (χ4n) is 3.45. The van der Waals surface area contributed by atoms with Gasteiger partial charge in [-0.3, -0.25) is 0 Å². The molecule has 2 heteroatoms. The third-order valence-corrected chi connectivity index (χ3v) is 4.50. The van der Waals surface area contributed by atoms with Gasteiger partial charge in [-0.1, -0.05) is 42.5 Å². The van der Waals surface area contributed by atoms with Crippen LogP contribution in [-0.4, -0.2) is 5.11 Å². The highest BCUT2D eigenvalue weighted by Gasteiger charge is 2.13. The fraction of sp³-hybridized carbons (Fsp3) is 0.100. The van der Waals surface area contributed by atoms with E-state index in [1.807, 2.05) is 24.3 Å². The van der Waals surface area contributed by atoms with Gasteiger partial charge in [0.05, 0.1) is 6.61 Å². The molecule has 0 heterocycles. The highest BCUT2D eigenvalue weighted by molar-refractivity contribution is 6.16. The van der Waals surface area contributed by atoms with Gasteiger partial charge < -0.3 is 5.11 Å². The highest BCUT2D eigenvalue weighted by Crippen LogP contribution is 2.37. The summed E-state index contributed by atoms with van der Waals surface area (Å²) in [5, 5.41) is 16.0. The molecule has 0 aromatic heterocycles. The van der Waals surface area contributed by atoms with Crippen LogP contribution < -0.4 is 0 Å². The first-order valence-corrected chi connectivity index (χ1v) is 7.33. The van der Waals surface area contributed by atoms with Crippen molar-refractivity contribution in [2.45, 2.75) is 13.5 Å². The second kappa shape index (κ2) is 4.79. The molecule has 0 bridgehead atoms. The standard InChI is InChI=1S/C20H15FO/c1-12-15-4-2-3-5-17(15)19(11-22)20-16(12)9-7-13-6-8-14(21)10-18(13)20/h2-10,22H,11H2,1H3. The summed E-state index contributed by atoms with van der Waals surface area (Å²) in [5.41, 5.74) is 2.03. The quantitative estimate of drug-likeness (QED) is 0.382.